The molecule has 2 aliphatic heterocycles. The van der Waals surface area contributed by atoms with Gasteiger partial charge in [-0.05, 0) is 61.3 Å². The fourth-order valence-electron chi connectivity index (χ4n) is 8.15. The van der Waals surface area contributed by atoms with Crippen LogP contribution in [0, 0.1) is 11.8 Å². The van der Waals surface area contributed by atoms with Gasteiger partial charge in [0, 0.05) is 30.1 Å². The topological polar surface area (TPSA) is 79.3 Å². The van der Waals surface area contributed by atoms with Crippen LogP contribution in [0.25, 0.3) is 0 Å². The van der Waals surface area contributed by atoms with Gasteiger partial charge in [-0.25, -0.2) is 8.42 Å². The summed E-state index contributed by atoms with van der Waals surface area (Å²) >= 11 is 0. The van der Waals surface area contributed by atoms with Gasteiger partial charge in [0.2, 0.25) is 10.0 Å². The molecule has 38 heavy (non-hydrogen) atoms. The van der Waals surface area contributed by atoms with Gasteiger partial charge in [-0.2, -0.15) is 4.31 Å². The number of methoxy groups -OCH3 is 1. The van der Waals surface area contributed by atoms with Crippen molar-refractivity contribution in [1.29, 1.82) is 0 Å². The molecular weight excluding hydrogens is 500 g/mol. The van der Waals surface area contributed by atoms with Crippen molar-refractivity contribution in [2.75, 3.05) is 33.0 Å². The van der Waals surface area contributed by atoms with Crippen LogP contribution < -0.4 is 9.47 Å². The highest BCUT2D eigenvalue weighted by Crippen LogP contribution is 2.64. The van der Waals surface area contributed by atoms with Crippen LogP contribution in [-0.2, 0) is 21.9 Å². The van der Waals surface area contributed by atoms with Crippen molar-refractivity contribution in [3.8, 4) is 11.5 Å². The summed E-state index contributed by atoms with van der Waals surface area (Å²) in [4.78, 5) is 2.48. The highest BCUT2D eigenvalue weighted by molar-refractivity contribution is 7.88. The number of nitrogens with zero attached hydrogens (tertiary/aromatic N) is 2. The zero-order chi connectivity index (χ0) is 26.8. The molecule has 2 aliphatic carbocycles. The first-order valence-electron chi connectivity index (χ1n) is 14.0. The molecular formula is C30H40N2O5S. The molecule has 1 unspecified atom stereocenters. The summed E-state index contributed by atoms with van der Waals surface area (Å²) in [6.07, 6.45) is 4.04. The van der Waals surface area contributed by atoms with Crippen molar-refractivity contribution in [2.24, 2.45) is 11.8 Å². The Morgan fingerprint density at radius 2 is 1.95 bits per heavy atom. The van der Waals surface area contributed by atoms with Gasteiger partial charge in [0.25, 0.3) is 0 Å². The van der Waals surface area contributed by atoms with Gasteiger partial charge in [0.05, 0.1) is 25.5 Å². The van der Waals surface area contributed by atoms with E-state index in [-0.39, 0.29) is 29.5 Å². The van der Waals surface area contributed by atoms with Crippen LogP contribution in [0.5, 0.6) is 11.5 Å². The summed E-state index contributed by atoms with van der Waals surface area (Å²) in [7, 11) is -1.74. The number of benzene rings is 2. The lowest BCUT2D eigenvalue weighted by atomic mass is 9.51. The number of hydrogen-bond acceptors (Lipinski definition) is 6. The third-order valence-corrected chi connectivity index (χ3v) is 10.8. The second kappa shape index (κ2) is 9.51. The molecule has 1 N–H and O–H groups in total. The van der Waals surface area contributed by atoms with Crippen LogP contribution in [0.4, 0.5) is 0 Å². The SMILES string of the molecule is COc1ccc2c3c1O[C@H]1[C@@H](N(CC(C)C)S(C)(=O)=O)CC[C@H]4[C@@H](C2)N(CC(O)c2ccccc2)CC[C@@]341. The number of aliphatic hydroxyl groups is 1. The van der Waals surface area contributed by atoms with Crippen molar-refractivity contribution < 1.29 is 23.0 Å². The maximum Gasteiger partial charge on any atom is 0.211 e. The molecule has 1 spiro atoms. The van der Waals surface area contributed by atoms with Gasteiger partial charge in [0.15, 0.2) is 11.5 Å². The van der Waals surface area contributed by atoms with E-state index in [2.05, 4.69) is 24.8 Å². The Morgan fingerprint density at radius 3 is 2.63 bits per heavy atom. The van der Waals surface area contributed by atoms with E-state index in [9.17, 15) is 13.5 Å². The minimum atomic E-state index is -3.42. The Balaban J connectivity index is 1.41. The molecule has 2 fully saturated rings. The Kier molecular flexibility index (Phi) is 6.53. The van der Waals surface area contributed by atoms with E-state index in [1.807, 2.05) is 36.4 Å². The molecule has 0 radical (unpaired) electrons. The molecule has 2 heterocycles. The normalized spacial score (nSPS) is 30.7. The lowest BCUT2D eigenvalue weighted by Gasteiger charge is -2.60. The average Bonchev–Trinajstić information content (AvgIpc) is 3.23. The first-order chi connectivity index (χ1) is 18.1. The van der Waals surface area contributed by atoms with E-state index < -0.39 is 16.1 Å². The van der Waals surface area contributed by atoms with Crippen LogP contribution in [-0.4, -0.2) is 73.9 Å². The van der Waals surface area contributed by atoms with Crippen LogP contribution in [0.1, 0.15) is 55.9 Å². The highest BCUT2D eigenvalue weighted by atomic mass is 32.2. The summed E-state index contributed by atoms with van der Waals surface area (Å²) in [5, 5.41) is 11.1. The monoisotopic (exact) mass is 540 g/mol. The number of aliphatic hydroxyl groups excluding tert-OH is 1. The number of hydrogen-bond donors (Lipinski definition) is 1. The summed E-state index contributed by atoms with van der Waals surface area (Å²) in [6, 6.07) is 14.1. The van der Waals surface area contributed by atoms with Crippen molar-refractivity contribution in [2.45, 2.75) is 69.2 Å². The first-order valence-corrected chi connectivity index (χ1v) is 15.8. The van der Waals surface area contributed by atoms with Gasteiger partial charge in [-0.1, -0.05) is 50.2 Å². The number of piperidine rings is 1. The predicted octanol–water partition coefficient (Wildman–Crippen LogP) is 3.75. The van der Waals surface area contributed by atoms with Gasteiger partial charge >= 0.3 is 0 Å². The quantitative estimate of drug-likeness (QED) is 0.550. The molecule has 7 nitrogen and oxygen atoms in total. The Morgan fingerprint density at radius 1 is 1.18 bits per heavy atom. The molecule has 0 amide bonds. The number of β-amino-alcohol motifs (C(OH)–C–C–N with tert-alkyl or cyclic N) is 1. The van der Waals surface area contributed by atoms with Crippen LogP contribution in [0.2, 0.25) is 0 Å². The zero-order valence-electron chi connectivity index (χ0n) is 22.8. The standard InChI is InChI=1S/C30H40N2O5S/c1-19(2)17-32(38(4,34)35)23-12-11-22-24-16-21-10-13-26(36-3)28-27(21)30(22,29(23)37-28)14-15-31(24)18-25(33)20-8-6-5-7-9-20/h5-10,13,19,22-25,29,33H,11-12,14-18H2,1-4H3/t22-,23-,24+,25?,29-,30-/m0/s1. The first kappa shape index (κ1) is 26.1. The number of ether oxygens (including phenoxy) is 2. The minimum absolute atomic E-state index is 0.214. The molecule has 2 aromatic carbocycles. The molecule has 1 saturated heterocycles. The zero-order valence-corrected chi connectivity index (χ0v) is 23.7. The fourth-order valence-corrected chi connectivity index (χ4v) is 9.43. The molecule has 4 aliphatic rings. The largest absolute Gasteiger partial charge is 0.493 e. The van der Waals surface area contributed by atoms with E-state index in [0.29, 0.717) is 19.0 Å². The second-order valence-electron chi connectivity index (χ2n) is 12.1. The van der Waals surface area contributed by atoms with Crippen molar-refractivity contribution in [3.05, 3.63) is 59.2 Å². The third kappa shape index (κ3) is 3.98. The van der Waals surface area contributed by atoms with Gasteiger partial charge in [0.1, 0.15) is 6.10 Å². The van der Waals surface area contributed by atoms with Gasteiger partial charge in [-0.3, -0.25) is 4.90 Å². The van der Waals surface area contributed by atoms with E-state index in [4.69, 9.17) is 9.47 Å². The fraction of sp³-hybridized carbons (Fsp3) is 0.600. The summed E-state index contributed by atoms with van der Waals surface area (Å²) < 4.78 is 40.5. The highest BCUT2D eigenvalue weighted by Gasteiger charge is 2.67. The molecule has 6 rings (SSSR count). The van der Waals surface area contributed by atoms with Crippen LogP contribution in [0.3, 0.4) is 0 Å². The van der Waals surface area contributed by atoms with Crippen molar-refractivity contribution in [1.82, 2.24) is 9.21 Å². The molecule has 2 aromatic rings. The van der Waals surface area contributed by atoms with Gasteiger partial charge < -0.3 is 14.6 Å². The number of likely N-dealkylation sites (tertiary alicyclic amines) is 1. The van der Waals surface area contributed by atoms with E-state index in [1.165, 1.54) is 17.4 Å². The molecule has 1 saturated carbocycles. The van der Waals surface area contributed by atoms with Crippen LogP contribution >= 0.6 is 0 Å². The maximum atomic E-state index is 13.1. The smallest absolute Gasteiger partial charge is 0.211 e. The molecule has 0 aromatic heterocycles. The summed E-state index contributed by atoms with van der Waals surface area (Å²) in [5.74, 6) is 2.11. The minimum Gasteiger partial charge on any atom is -0.493 e. The lowest BCUT2D eigenvalue weighted by molar-refractivity contribution is -0.0849. The third-order valence-electron chi connectivity index (χ3n) is 9.54. The number of rotatable bonds is 8. The molecule has 8 heteroatoms. The molecule has 6 atom stereocenters. The summed E-state index contributed by atoms with van der Waals surface area (Å²) in [5.41, 5.74) is 3.23. The van der Waals surface area contributed by atoms with Crippen molar-refractivity contribution in [3.63, 3.8) is 0 Å². The van der Waals surface area contributed by atoms with E-state index in [1.54, 1.807) is 11.4 Å². The van der Waals surface area contributed by atoms with Gasteiger partial charge in [-0.15, -0.1) is 0 Å². The summed E-state index contributed by atoms with van der Waals surface area (Å²) in [6.45, 7) is 6.07. The maximum absolute atomic E-state index is 13.1. The Bertz CT molecular complexity index is 1300. The van der Waals surface area contributed by atoms with Crippen LogP contribution in [0.15, 0.2) is 42.5 Å². The Labute approximate surface area is 226 Å². The average molecular weight is 541 g/mol. The Hall–Kier alpha value is -2.13. The molecule has 206 valence electrons. The van der Waals surface area contributed by atoms with E-state index >= 15 is 0 Å². The lowest BCUT2D eigenvalue weighted by Crippen LogP contribution is -2.69. The number of sulfonamides is 1. The second-order valence-corrected chi connectivity index (χ2v) is 14.1. The van der Waals surface area contributed by atoms with Crippen molar-refractivity contribution >= 4 is 10.0 Å². The molecule has 2 bridgehead atoms. The predicted molar refractivity (Wildman–Crippen MR) is 147 cm³/mol. The van der Waals surface area contributed by atoms with E-state index in [0.717, 1.165) is 49.3 Å².